The Labute approximate surface area is 122 Å². The van der Waals surface area contributed by atoms with E-state index in [2.05, 4.69) is 0 Å². The zero-order chi connectivity index (χ0) is 16.3. The first-order valence-corrected chi connectivity index (χ1v) is 6.38. The second kappa shape index (κ2) is 6.30. The van der Waals surface area contributed by atoms with Gasteiger partial charge in [-0.15, -0.1) is 0 Å². The fourth-order valence-corrected chi connectivity index (χ4v) is 2.17. The first-order valence-electron chi connectivity index (χ1n) is 6.38. The highest BCUT2D eigenvalue weighted by Crippen LogP contribution is 2.28. The second-order valence-corrected chi connectivity index (χ2v) is 4.53. The molecule has 0 heterocycles. The van der Waals surface area contributed by atoms with Crippen molar-refractivity contribution >= 4 is 29.0 Å². The smallest absolute Gasteiger partial charge is 0.338 e. The molecule has 6 heteroatoms. The van der Waals surface area contributed by atoms with E-state index in [0.29, 0.717) is 0 Å². The van der Waals surface area contributed by atoms with Crippen LogP contribution in [0.1, 0.15) is 69.1 Å². The highest BCUT2D eigenvalue weighted by molar-refractivity contribution is 6.20. The van der Waals surface area contributed by atoms with Crippen LogP contribution in [-0.2, 0) is 4.74 Å². The van der Waals surface area contributed by atoms with Crippen molar-refractivity contribution in [3.8, 4) is 0 Å². The molecule has 0 aliphatic rings. The maximum Gasteiger partial charge on any atom is 0.338 e. The van der Waals surface area contributed by atoms with E-state index in [4.69, 9.17) is 10.5 Å². The summed E-state index contributed by atoms with van der Waals surface area (Å²) < 4.78 is 4.87. The zero-order valence-electron chi connectivity index (χ0n) is 12.4. The number of hydrogen-bond acceptors (Lipinski definition) is 6. The van der Waals surface area contributed by atoms with Crippen LogP contribution in [0.5, 0.6) is 0 Å². The normalized spacial score (nSPS) is 10.1. The van der Waals surface area contributed by atoms with Crippen LogP contribution < -0.4 is 5.73 Å². The lowest BCUT2D eigenvalue weighted by Crippen LogP contribution is -2.19. The third-order valence-electron chi connectivity index (χ3n) is 2.91. The van der Waals surface area contributed by atoms with E-state index >= 15 is 0 Å². The number of nitrogens with two attached hydrogens (primary N) is 1. The number of carbonyl (C=O) groups excluding carboxylic acids is 4. The molecule has 1 aromatic carbocycles. The number of ether oxygens (including phenoxy) is 1. The summed E-state index contributed by atoms with van der Waals surface area (Å²) in [5, 5.41) is 0. The Morgan fingerprint density at radius 2 is 1.43 bits per heavy atom. The van der Waals surface area contributed by atoms with Crippen molar-refractivity contribution in [3.63, 3.8) is 0 Å². The highest BCUT2D eigenvalue weighted by atomic mass is 16.5. The first-order chi connectivity index (χ1) is 9.72. The third kappa shape index (κ3) is 3.16. The number of benzene rings is 1. The molecule has 1 aromatic rings. The summed E-state index contributed by atoms with van der Waals surface area (Å²) in [4.78, 5) is 47.4. The van der Waals surface area contributed by atoms with Crippen molar-refractivity contribution in [1.82, 2.24) is 0 Å². The van der Waals surface area contributed by atoms with Gasteiger partial charge in [0.15, 0.2) is 17.3 Å². The molecule has 0 amide bonds. The maximum absolute atomic E-state index is 12.0. The van der Waals surface area contributed by atoms with Crippen LogP contribution in [0.3, 0.4) is 0 Å². The van der Waals surface area contributed by atoms with Crippen molar-refractivity contribution in [1.29, 1.82) is 0 Å². The standard InChI is InChI=1S/C15H17NO5/c1-5-21-15(20)10-6-11(16)13(8(3)18)14(9(4)19)12(10)7(2)17/h6H,5,16H2,1-4H3. The van der Waals surface area contributed by atoms with Gasteiger partial charge in [0.25, 0.3) is 0 Å². The van der Waals surface area contributed by atoms with E-state index in [-0.39, 0.29) is 34.5 Å². The highest BCUT2D eigenvalue weighted by Gasteiger charge is 2.28. The molecule has 0 aliphatic heterocycles. The minimum Gasteiger partial charge on any atom is -0.462 e. The largest absolute Gasteiger partial charge is 0.462 e. The lowest BCUT2D eigenvalue weighted by atomic mass is 9.88. The van der Waals surface area contributed by atoms with Crippen molar-refractivity contribution in [2.45, 2.75) is 27.7 Å². The van der Waals surface area contributed by atoms with Crippen LogP contribution in [0.15, 0.2) is 6.07 Å². The molecule has 0 saturated heterocycles. The summed E-state index contributed by atoms with van der Waals surface area (Å²) in [6.07, 6.45) is 0. The molecule has 0 spiro atoms. The van der Waals surface area contributed by atoms with Crippen LogP contribution in [0.25, 0.3) is 0 Å². The number of esters is 1. The van der Waals surface area contributed by atoms with Crippen molar-refractivity contribution < 1.29 is 23.9 Å². The quantitative estimate of drug-likeness (QED) is 0.506. The predicted octanol–water partition coefficient (Wildman–Crippen LogP) is 2.05. The average molecular weight is 291 g/mol. The summed E-state index contributed by atoms with van der Waals surface area (Å²) in [6.45, 7) is 5.39. The molecule has 2 N–H and O–H groups in total. The van der Waals surface area contributed by atoms with E-state index in [0.717, 1.165) is 0 Å². The van der Waals surface area contributed by atoms with Gasteiger partial charge in [0, 0.05) is 16.8 Å². The Hall–Kier alpha value is -2.50. The van der Waals surface area contributed by atoms with Crippen LogP contribution in [-0.4, -0.2) is 29.9 Å². The first kappa shape index (κ1) is 16.6. The molecule has 0 unspecified atom stereocenters. The van der Waals surface area contributed by atoms with Gasteiger partial charge in [-0.2, -0.15) is 0 Å². The number of nitrogen functional groups attached to an aromatic ring is 1. The van der Waals surface area contributed by atoms with Crippen molar-refractivity contribution in [2.75, 3.05) is 12.3 Å². The Bertz CT molecular complexity index is 646. The van der Waals surface area contributed by atoms with Gasteiger partial charge in [-0.25, -0.2) is 4.79 Å². The summed E-state index contributed by atoms with van der Waals surface area (Å²) in [5.74, 6) is -2.23. The van der Waals surface area contributed by atoms with E-state index in [1.165, 1.54) is 26.8 Å². The van der Waals surface area contributed by atoms with Crippen molar-refractivity contribution in [2.24, 2.45) is 0 Å². The fraction of sp³-hybridized carbons (Fsp3) is 0.333. The minimum absolute atomic E-state index is 0.0271. The predicted molar refractivity (Wildman–Crippen MR) is 76.8 cm³/mol. The Morgan fingerprint density at radius 3 is 1.81 bits per heavy atom. The summed E-state index contributed by atoms with van der Waals surface area (Å²) in [6, 6.07) is 1.21. The molecule has 0 bridgehead atoms. The number of carbonyl (C=O) groups is 4. The van der Waals surface area contributed by atoms with Gasteiger partial charge >= 0.3 is 5.97 Å². The Morgan fingerprint density at radius 1 is 0.952 bits per heavy atom. The zero-order valence-corrected chi connectivity index (χ0v) is 12.4. The second-order valence-electron chi connectivity index (χ2n) is 4.53. The van der Waals surface area contributed by atoms with Crippen LogP contribution in [0.2, 0.25) is 0 Å². The molecule has 0 fully saturated rings. The van der Waals surface area contributed by atoms with Gasteiger partial charge < -0.3 is 10.5 Å². The molecular weight excluding hydrogens is 274 g/mol. The van der Waals surface area contributed by atoms with Gasteiger partial charge in [0.1, 0.15) is 0 Å². The van der Waals surface area contributed by atoms with Crippen LogP contribution >= 0.6 is 0 Å². The molecule has 112 valence electrons. The van der Waals surface area contributed by atoms with Gasteiger partial charge in [0.05, 0.1) is 17.7 Å². The Balaban J connectivity index is 3.85. The van der Waals surface area contributed by atoms with Crippen LogP contribution in [0.4, 0.5) is 5.69 Å². The molecule has 21 heavy (non-hydrogen) atoms. The van der Waals surface area contributed by atoms with Gasteiger partial charge in [-0.3, -0.25) is 14.4 Å². The molecule has 0 aromatic heterocycles. The molecule has 0 aliphatic carbocycles. The van der Waals surface area contributed by atoms with E-state index < -0.39 is 23.3 Å². The molecular formula is C15H17NO5. The van der Waals surface area contributed by atoms with Gasteiger partial charge in [0.2, 0.25) is 0 Å². The maximum atomic E-state index is 12.0. The molecule has 0 saturated carbocycles. The van der Waals surface area contributed by atoms with E-state index in [1.54, 1.807) is 6.92 Å². The third-order valence-corrected chi connectivity index (χ3v) is 2.91. The molecule has 0 atom stereocenters. The summed E-state index contributed by atoms with van der Waals surface area (Å²) in [5.41, 5.74) is 5.35. The van der Waals surface area contributed by atoms with Gasteiger partial charge in [-0.05, 0) is 33.8 Å². The van der Waals surface area contributed by atoms with E-state index in [1.807, 2.05) is 0 Å². The molecule has 6 nitrogen and oxygen atoms in total. The number of hydrogen-bond donors (Lipinski definition) is 1. The average Bonchev–Trinajstić information content (AvgIpc) is 2.36. The van der Waals surface area contributed by atoms with Crippen molar-refractivity contribution in [3.05, 3.63) is 28.3 Å². The minimum atomic E-state index is -0.757. The Kier molecular flexibility index (Phi) is 4.97. The van der Waals surface area contributed by atoms with Crippen LogP contribution in [0, 0.1) is 0 Å². The number of Topliss-reactive ketones (excluding diaryl/α,β-unsaturated/α-hetero) is 3. The molecule has 1 rings (SSSR count). The lowest BCUT2D eigenvalue weighted by Gasteiger charge is -2.15. The summed E-state index contributed by atoms with van der Waals surface area (Å²) in [7, 11) is 0. The summed E-state index contributed by atoms with van der Waals surface area (Å²) >= 11 is 0. The number of anilines is 1. The lowest BCUT2D eigenvalue weighted by molar-refractivity contribution is 0.0523. The topological polar surface area (TPSA) is 104 Å². The number of rotatable bonds is 5. The van der Waals surface area contributed by atoms with E-state index in [9.17, 15) is 19.2 Å². The number of ketones is 3. The monoisotopic (exact) mass is 291 g/mol. The SMILES string of the molecule is CCOC(=O)c1cc(N)c(C(C)=O)c(C(C)=O)c1C(C)=O. The molecule has 0 radical (unpaired) electrons. The fourth-order valence-electron chi connectivity index (χ4n) is 2.17. The van der Waals surface area contributed by atoms with Gasteiger partial charge in [-0.1, -0.05) is 0 Å².